The summed E-state index contributed by atoms with van der Waals surface area (Å²) >= 11 is 0. The molecule has 0 aliphatic rings. The summed E-state index contributed by atoms with van der Waals surface area (Å²) in [5, 5.41) is 4.39. The highest BCUT2D eigenvalue weighted by molar-refractivity contribution is 6.24. The molecule has 0 saturated carbocycles. The van der Waals surface area contributed by atoms with E-state index in [-0.39, 0.29) is 0 Å². The molecule has 6 aromatic carbocycles. The van der Waals surface area contributed by atoms with Crippen LogP contribution in [0.1, 0.15) is 5.56 Å². The Labute approximate surface area is 282 Å². The summed E-state index contributed by atoms with van der Waals surface area (Å²) < 4.78 is 4.52. The van der Waals surface area contributed by atoms with Crippen LogP contribution < -0.4 is 0 Å². The fourth-order valence-electron chi connectivity index (χ4n) is 6.93. The van der Waals surface area contributed by atoms with Gasteiger partial charge in [0.15, 0.2) is 11.6 Å². The topological polar surface area (TPSA) is 73.2 Å². The maximum absolute atomic E-state index is 5.21. The van der Waals surface area contributed by atoms with Gasteiger partial charge in [0, 0.05) is 57.2 Å². The van der Waals surface area contributed by atoms with E-state index >= 15 is 0 Å². The highest BCUT2D eigenvalue weighted by Crippen LogP contribution is 2.42. The van der Waals surface area contributed by atoms with Gasteiger partial charge in [0.1, 0.15) is 0 Å². The van der Waals surface area contributed by atoms with Gasteiger partial charge in [0.2, 0.25) is 5.95 Å². The van der Waals surface area contributed by atoms with Gasteiger partial charge in [0.25, 0.3) is 0 Å². The Bertz CT molecular complexity index is 2670. The minimum Gasteiger partial charge on any atom is -0.307 e. The fourth-order valence-corrected chi connectivity index (χ4v) is 6.93. The van der Waals surface area contributed by atoms with Crippen LogP contribution in [0.25, 0.3) is 78.0 Å². The minimum atomic E-state index is 0.511. The largest absolute Gasteiger partial charge is 0.307 e. The van der Waals surface area contributed by atoms with Gasteiger partial charge < -0.3 is 4.57 Å². The lowest BCUT2D eigenvalue weighted by molar-refractivity contribution is 0.953. The lowest BCUT2D eigenvalue weighted by atomic mass is 10.1. The van der Waals surface area contributed by atoms with Crippen molar-refractivity contribution >= 4 is 62.2 Å². The van der Waals surface area contributed by atoms with Crippen LogP contribution in [-0.2, 0) is 0 Å². The number of hydrogen-bond donors (Lipinski definition) is 0. The number of aromatic nitrogens is 5. The van der Waals surface area contributed by atoms with E-state index < -0.39 is 0 Å². The van der Waals surface area contributed by atoms with E-state index in [1.807, 2.05) is 72.9 Å². The minimum absolute atomic E-state index is 0.511. The molecule has 0 unspecified atom stereocenters. The van der Waals surface area contributed by atoms with Gasteiger partial charge in [-0.1, -0.05) is 109 Å². The smallest absolute Gasteiger partial charge is 0.238 e. The summed E-state index contributed by atoms with van der Waals surface area (Å²) in [5.74, 6) is 1.69. The monoisotopic (exact) mass is 631 g/mol. The Morgan fingerprint density at radius 3 is 1.76 bits per heavy atom. The average molecular weight is 632 g/mol. The second-order valence-electron chi connectivity index (χ2n) is 11.9. The van der Waals surface area contributed by atoms with Crippen LogP contribution in [0.2, 0.25) is 0 Å². The van der Waals surface area contributed by atoms with E-state index in [1.165, 1.54) is 0 Å². The molecular weight excluding hydrogens is 603 g/mol. The molecule has 3 heterocycles. The zero-order valence-electron chi connectivity index (χ0n) is 26.7. The van der Waals surface area contributed by atoms with E-state index in [0.29, 0.717) is 17.6 Å². The van der Waals surface area contributed by atoms with Gasteiger partial charge in [-0.05, 0) is 37.0 Å². The van der Waals surface area contributed by atoms with Crippen molar-refractivity contribution in [1.29, 1.82) is 0 Å². The van der Waals surface area contributed by atoms with Gasteiger partial charge in [-0.2, -0.15) is 9.97 Å². The Morgan fingerprint density at radius 2 is 1.12 bits per heavy atom. The lowest BCUT2D eigenvalue weighted by Gasteiger charge is -2.13. The fraction of sp³-hybridized carbons (Fsp3) is 0.0238. The van der Waals surface area contributed by atoms with Crippen molar-refractivity contribution in [3.8, 4) is 34.4 Å². The van der Waals surface area contributed by atoms with Crippen LogP contribution in [0.3, 0.4) is 0 Å². The Balaban J connectivity index is 1.51. The van der Waals surface area contributed by atoms with Crippen molar-refractivity contribution in [3.63, 3.8) is 0 Å². The molecule has 0 N–H and O–H groups in total. The highest BCUT2D eigenvalue weighted by Gasteiger charge is 2.24. The van der Waals surface area contributed by atoms with E-state index in [2.05, 4.69) is 98.6 Å². The second kappa shape index (κ2) is 11.5. The quantitative estimate of drug-likeness (QED) is 0.172. The first-order valence-electron chi connectivity index (χ1n) is 16.1. The van der Waals surface area contributed by atoms with Crippen LogP contribution in [0, 0.1) is 0 Å². The molecule has 49 heavy (non-hydrogen) atoms. The number of aliphatic imine (C=N–C) groups is 2. The molecule has 7 heteroatoms. The van der Waals surface area contributed by atoms with Crippen molar-refractivity contribution < 1.29 is 0 Å². The third kappa shape index (κ3) is 4.55. The molecule has 0 aliphatic heterocycles. The van der Waals surface area contributed by atoms with Crippen LogP contribution in [0.4, 0.5) is 5.69 Å². The Kier molecular flexibility index (Phi) is 6.69. The van der Waals surface area contributed by atoms with Crippen molar-refractivity contribution in [2.75, 3.05) is 7.05 Å². The normalized spacial score (nSPS) is 11.8. The maximum Gasteiger partial charge on any atom is 0.238 e. The van der Waals surface area contributed by atoms with Gasteiger partial charge in [-0.25, -0.2) is 4.98 Å². The Hall–Kier alpha value is -6.73. The second-order valence-corrected chi connectivity index (χ2v) is 11.9. The first-order chi connectivity index (χ1) is 24.2. The van der Waals surface area contributed by atoms with Crippen molar-refractivity contribution in [3.05, 3.63) is 145 Å². The number of benzene rings is 6. The van der Waals surface area contributed by atoms with Gasteiger partial charge in [-0.15, -0.1) is 0 Å². The van der Waals surface area contributed by atoms with E-state index in [4.69, 9.17) is 15.0 Å². The third-order valence-corrected chi connectivity index (χ3v) is 9.05. The molecule has 0 amide bonds. The molecule has 9 rings (SSSR count). The van der Waals surface area contributed by atoms with Crippen molar-refractivity contribution in [2.45, 2.75) is 0 Å². The first kappa shape index (κ1) is 28.5. The summed E-state index contributed by atoms with van der Waals surface area (Å²) in [4.78, 5) is 24.2. The first-order valence-corrected chi connectivity index (χ1v) is 16.1. The summed E-state index contributed by atoms with van der Waals surface area (Å²) in [6, 6.07) is 47.8. The zero-order valence-corrected chi connectivity index (χ0v) is 26.7. The van der Waals surface area contributed by atoms with Gasteiger partial charge >= 0.3 is 0 Å². The van der Waals surface area contributed by atoms with E-state index in [1.54, 1.807) is 7.05 Å². The highest BCUT2D eigenvalue weighted by atomic mass is 15.2. The summed E-state index contributed by atoms with van der Waals surface area (Å²) in [6.07, 6.45) is 1.83. The molecule has 0 spiro atoms. The molecule has 7 nitrogen and oxygen atoms in total. The van der Waals surface area contributed by atoms with Crippen LogP contribution in [0.15, 0.2) is 150 Å². The Morgan fingerprint density at radius 1 is 0.551 bits per heavy atom. The molecule has 0 bridgehead atoms. The van der Waals surface area contributed by atoms with Crippen molar-refractivity contribution in [2.24, 2.45) is 9.98 Å². The predicted octanol–water partition coefficient (Wildman–Crippen LogP) is 9.78. The van der Waals surface area contributed by atoms with Crippen LogP contribution >= 0.6 is 0 Å². The van der Waals surface area contributed by atoms with Crippen LogP contribution in [0.5, 0.6) is 0 Å². The maximum atomic E-state index is 5.21. The predicted molar refractivity (Wildman–Crippen MR) is 202 cm³/mol. The molecule has 0 aliphatic carbocycles. The molecule has 0 saturated heterocycles. The van der Waals surface area contributed by atoms with Crippen LogP contribution in [-0.4, -0.2) is 44.1 Å². The average Bonchev–Trinajstić information content (AvgIpc) is 3.68. The molecule has 232 valence electrons. The van der Waals surface area contributed by atoms with Crippen molar-refractivity contribution in [1.82, 2.24) is 24.1 Å². The number of para-hydroxylation sites is 2. The summed E-state index contributed by atoms with van der Waals surface area (Å²) in [7, 11) is 1.77. The molecule has 0 radical (unpaired) electrons. The number of nitrogens with zero attached hydrogens (tertiary/aromatic N) is 7. The zero-order chi connectivity index (χ0) is 32.9. The van der Waals surface area contributed by atoms with Gasteiger partial charge in [0.05, 0.1) is 27.8 Å². The molecule has 3 aromatic heterocycles. The number of rotatable bonds is 6. The van der Waals surface area contributed by atoms with Gasteiger partial charge in [-0.3, -0.25) is 14.6 Å². The SMILES string of the molecule is C=Nc1cc2c(cc1/C=N\C)c1ccc3c4ccccc4n(-c4ccccc4)c3c1n2-c1nc(-c2ccccc2)nc(-c2ccccc2)n1. The summed E-state index contributed by atoms with van der Waals surface area (Å²) in [6.45, 7) is 3.91. The summed E-state index contributed by atoms with van der Waals surface area (Å²) in [5.41, 5.74) is 8.56. The molecule has 9 aromatic rings. The molecule has 0 fully saturated rings. The third-order valence-electron chi connectivity index (χ3n) is 9.05. The number of fused-ring (bicyclic) bond motifs is 7. The molecule has 0 atom stereocenters. The van der Waals surface area contributed by atoms with E-state index in [9.17, 15) is 0 Å². The lowest BCUT2D eigenvalue weighted by Crippen LogP contribution is -2.07. The number of hydrogen-bond acceptors (Lipinski definition) is 5. The standard InChI is InChI=1S/C42H29N7/c1-43-26-29-24-34-33-23-22-32-31-20-12-13-21-36(31)48(30-18-10-5-11-19-30)38(32)39(33)49(37(34)25-35(29)44-2)42-46-40(27-14-6-3-7-15-27)45-41(47-42)28-16-8-4-9-17-28/h3-26H,2H2,1H3/b43-26-. The van der Waals surface area contributed by atoms with E-state index in [0.717, 1.165) is 71.7 Å². The molecular formula is C42H29N7.